The summed E-state index contributed by atoms with van der Waals surface area (Å²) < 4.78 is 29.0. The maximum absolute atomic E-state index is 14.5. The third kappa shape index (κ3) is 5.18. The van der Waals surface area contributed by atoms with E-state index in [1.807, 2.05) is 18.2 Å². The molecule has 3 rings (SSSR count). The normalized spacial score (nSPS) is 15.3. The van der Waals surface area contributed by atoms with Crippen molar-refractivity contribution in [1.29, 1.82) is 0 Å². The lowest BCUT2D eigenvalue weighted by Gasteiger charge is -2.36. The highest BCUT2D eigenvalue weighted by Crippen LogP contribution is 2.26. The zero-order chi connectivity index (χ0) is 19.2. The molecule has 1 aliphatic rings. The molecule has 9 heteroatoms. The van der Waals surface area contributed by atoms with E-state index in [0.717, 1.165) is 12.2 Å². The average Bonchev–Trinajstić information content (AvgIpc) is 2.63. The summed E-state index contributed by atoms with van der Waals surface area (Å²) in [6.45, 7) is 3.21. The number of pyridine rings is 1. The first-order valence-corrected chi connectivity index (χ1v) is 8.88. The van der Waals surface area contributed by atoms with Crippen LogP contribution in [-0.2, 0) is 6.54 Å². The van der Waals surface area contributed by atoms with E-state index < -0.39 is 11.6 Å². The SMILES string of the molecule is NC(=S)N/N=C/c1cc(F)c(N2CCN(Cc3ccccn3)CC2)c(F)c1. The van der Waals surface area contributed by atoms with Crippen molar-refractivity contribution >= 4 is 29.2 Å². The number of anilines is 1. The van der Waals surface area contributed by atoms with Gasteiger partial charge in [0.2, 0.25) is 0 Å². The van der Waals surface area contributed by atoms with Gasteiger partial charge in [-0.05, 0) is 36.5 Å². The highest BCUT2D eigenvalue weighted by atomic mass is 32.1. The van der Waals surface area contributed by atoms with Crippen LogP contribution in [-0.4, -0.2) is 47.4 Å². The maximum atomic E-state index is 14.5. The molecule has 0 atom stereocenters. The monoisotopic (exact) mass is 390 g/mol. The molecule has 2 aromatic rings. The molecule has 3 N–H and O–H groups in total. The van der Waals surface area contributed by atoms with E-state index in [0.29, 0.717) is 26.2 Å². The summed E-state index contributed by atoms with van der Waals surface area (Å²) in [4.78, 5) is 8.26. The molecule has 0 bridgehead atoms. The fourth-order valence-electron chi connectivity index (χ4n) is 2.98. The zero-order valence-electron chi connectivity index (χ0n) is 14.6. The largest absolute Gasteiger partial charge is 0.375 e. The van der Waals surface area contributed by atoms with Crippen molar-refractivity contribution in [3.05, 3.63) is 59.4 Å². The van der Waals surface area contributed by atoms with Crippen molar-refractivity contribution in [2.24, 2.45) is 10.8 Å². The van der Waals surface area contributed by atoms with Gasteiger partial charge in [-0.15, -0.1) is 0 Å². The zero-order valence-corrected chi connectivity index (χ0v) is 15.4. The van der Waals surface area contributed by atoms with Crippen LogP contribution in [0.2, 0.25) is 0 Å². The number of aromatic nitrogens is 1. The second-order valence-corrected chi connectivity index (χ2v) is 6.59. The van der Waals surface area contributed by atoms with Crippen LogP contribution in [0.1, 0.15) is 11.3 Å². The van der Waals surface area contributed by atoms with Crippen LogP contribution in [0.3, 0.4) is 0 Å². The molecule has 1 saturated heterocycles. The summed E-state index contributed by atoms with van der Waals surface area (Å²) in [6, 6.07) is 8.28. The lowest BCUT2D eigenvalue weighted by Crippen LogP contribution is -2.46. The Labute approximate surface area is 161 Å². The molecule has 1 aromatic carbocycles. The molecule has 0 radical (unpaired) electrons. The number of hydrogen-bond donors (Lipinski definition) is 2. The number of nitrogens with two attached hydrogens (primary N) is 1. The standard InChI is InChI=1S/C18H20F2N6S/c19-15-9-13(11-23-24-18(21)27)10-16(20)17(15)26-7-5-25(6-8-26)12-14-3-1-2-4-22-14/h1-4,9-11H,5-8,12H2,(H3,21,24,27)/b23-11+. The van der Waals surface area contributed by atoms with Gasteiger partial charge in [-0.25, -0.2) is 8.78 Å². The Hall–Kier alpha value is -2.65. The third-order valence-corrected chi connectivity index (χ3v) is 4.32. The minimum Gasteiger partial charge on any atom is -0.375 e. The highest BCUT2D eigenvalue weighted by molar-refractivity contribution is 7.80. The molecule has 1 aliphatic heterocycles. The average molecular weight is 390 g/mol. The van der Waals surface area contributed by atoms with Gasteiger partial charge in [0.25, 0.3) is 0 Å². The fourth-order valence-corrected chi connectivity index (χ4v) is 3.04. The minimum absolute atomic E-state index is 0.00746. The van der Waals surface area contributed by atoms with Crippen LogP contribution in [0.5, 0.6) is 0 Å². The van der Waals surface area contributed by atoms with Gasteiger partial charge in [-0.3, -0.25) is 15.3 Å². The Bertz CT molecular complexity index is 799. The van der Waals surface area contributed by atoms with Gasteiger partial charge in [0.05, 0.1) is 11.9 Å². The van der Waals surface area contributed by atoms with Crippen molar-refractivity contribution in [1.82, 2.24) is 15.3 Å². The molecule has 142 valence electrons. The van der Waals surface area contributed by atoms with E-state index in [4.69, 9.17) is 5.73 Å². The van der Waals surface area contributed by atoms with E-state index in [1.54, 1.807) is 11.1 Å². The van der Waals surface area contributed by atoms with E-state index in [9.17, 15) is 8.78 Å². The predicted octanol–water partition coefficient (Wildman–Crippen LogP) is 1.85. The molecule has 0 aliphatic carbocycles. The number of halogens is 2. The molecule has 1 aromatic heterocycles. The van der Waals surface area contributed by atoms with Crippen LogP contribution in [0.15, 0.2) is 41.6 Å². The number of hydrogen-bond acceptors (Lipinski definition) is 5. The molecule has 6 nitrogen and oxygen atoms in total. The van der Waals surface area contributed by atoms with Crippen molar-refractivity contribution in [3.8, 4) is 0 Å². The molecular formula is C18H20F2N6S. The van der Waals surface area contributed by atoms with Gasteiger partial charge in [0.1, 0.15) is 17.3 Å². The molecule has 0 spiro atoms. The topological polar surface area (TPSA) is 69.8 Å². The Balaban J connectivity index is 1.63. The van der Waals surface area contributed by atoms with E-state index in [2.05, 4.69) is 32.6 Å². The smallest absolute Gasteiger partial charge is 0.184 e. The van der Waals surface area contributed by atoms with Gasteiger partial charge in [-0.2, -0.15) is 5.10 Å². The van der Waals surface area contributed by atoms with E-state index >= 15 is 0 Å². The third-order valence-electron chi connectivity index (χ3n) is 4.23. The maximum Gasteiger partial charge on any atom is 0.184 e. The molecule has 0 amide bonds. The second kappa shape index (κ2) is 8.83. The summed E-state index contributed by atoms with van der Waals surface area (Å²) >= 11 is 4.61. The molecule has 0 saturated carbocycles. The van der Waals surface area contributed by atoms with Gasteiger partial charge < -0.3 is 10.6 Å². The summed E-state index contributed by atoms with van der Waals surface area (Å²) in [5.74, 6) is -1.24. The number of nitrogens with one attached hydrogen (secondary N) is 1. The Morgan fingerprint density at radius 3 is 2.52 bits per heavy atom. The van der Waals surface area contributed by atoms with Crippen molar-refractivity contribution < 1.29 is 8.78 Å². The van der Waals surface area contributed by atoms with E-state index in [1.165, 1.54) is 18.3 Å². The summed E-state index contributed by atoms with van der Waals surface area (Å²) in [6.07, 6.45) is 3.03. The van der Waals surface area contributed by atoms with Crippen molar-refractivity contribution in [2.75, 3.05) is 31.1 Å². The van der Waals surface area contributed by atoms with Crippen molar-refractivity contribution in [3.63, 3.8) is 0 Å². The van der Waals surface area contributed by atoms with Gasteiger partial charge in [0.15, 0.2) is 5.11 Å². The second-order valence-electron chi connectivity index (χ2n) is 6.15. The van der Waals surface area contributed by atoms with Crippen LogP contribution in [0.25, 0.3) is 0 Å². The lowest BCUT2D eigenvalue weighted by atomic mass is 10.1. The fraction of sp³-hybridized carbons (Fsp3) is 0.278. The Morgan fingerprint density at radius 2 is 1.93 bits per heavy atom. The first kappa shape index (κ1) is 19.1. The minimum atomic E-state index is -0.620. The van der Waals surface area contributed by atoms with Crippen LogP contribution in [0.4, 0.5) is 14.5 Å². The molecule has 27 heavy (non-hydrogen) atoms. The summed E-state index contributed by atoms with van der Waals surface area (Å²) in [7, 11) is 0. The predicted molar refractivity (Wildman–Crippen MR) is 106 cm³/mol. The first-order valence-electron chi connectivity index (χ1n) is 8.47. The number of hydrazone groups is 1. The van der Waals surface area contributed by atoms with E-state index in [-0.39, 0.29) is 16.4 Å². The van der Waals surface area contributed by atoms with Crippen molar-refractivity contribution in [2.45, 2.75) is 6.54 Å². The Kier molecular flexibility index (Phi) is 6.25. The van der Waals surface area contributed by atoms with Crippen LogP contribution in [0, 0.1) is 11.6 Å². The van der Waals surface area contributed by atoms with Gasteiger partial charge in [0, 0.05) is 44.5 Å². The number of nitrogens with zero attached hydrogens (tertiary/aromatic N) is 4. The number of piperazine rings is 1. The number of rotatable bonds is 5. The number of thiocarbonyl (C=S) groups is 1. The molecule has 2 heterocycles. The molecular weight excluding hydrogens is 370 g/mol. The highest BCUT2D eigenvalue weighted by Gasteiger charge is 2.23. The van der Waals surface area contributed by atoms with Gasteiger partial charge >= 0.3 is 0 Å². The molecule has 0 unspecified atom stereocenters. The van der Waals surface area contributed by atoms with Crippen LogP contribution < -0.4 is 16.1 Å². The van der Waals surface area contributed by atoms with Crippen LogP contribution >= 0.6 is 12.2 Å². The quantitative estimate of drug-likeness (QED) is 0.461. The first-order chi connectivity index (χ1) is 13.0. The lowest BCUT2D eigenvalue weighted by molar-refractivity contribution is 0.246. The summed E-state index contributed by atoms with van der Waals surface area (Å²) in [5, 5.41) is 3.69. The summed E-state index contributed by atoms with van der Waals surface area (Å²) in [5.41, 5.74) is 8.85. The van der Waals surface area contributed by atoms with Gasteiger partial charge in [-0.1, -0.05) is 6.07 Å². The Morgan fingerprint density at radius 1 is 1.22 bits per heavy atom. The number of benzene rings is 1. The molecule has 1 fully saturated rings.